The molecule has 3 N–H and O–H groups in total. The zero-order valence-electron chi connectivity index (χ0n) is 10.3. The molecule has 0 aromatic carbocycles. The SMILES string of the molecule is NC(=O)c1ccc(NCC(C2CC2)C2CC2)nn1. The zero-order chi connectivity index (χ0) is 12.5. The van der Waals surface area contributed by atoms with E-state index in [4.69, 9.17) is 5.73 Å². The van der Waals surface area contributed by atoms with E-state index < -0.39 is 5.91 Å². The van der Waals surface area contributed by atoms with E-state index in [0.29, 0.717) is 0 Å². The van der Waals surface area contributed by atoms with Gasteiger partial charge >= 0.3 is 0 Å². The minimum Gasteiger partial charge on any atom is -0.368 e. The van der Waals surface area contributed by atoms with E-state index in [1.54, 1.807) is 12.1 Å². The van der Waals surface area contributed by atoms with Gasteiger partial charge in [-0.2, -0.15) is 0 Å². The van der Waals surface area contributed by atoms with Crippen LogP contribution < -0.4 is 11.1 Å². The highest BCUT2D eigenvalue weighted by molar-refractivity contribution is 5.90. The molecule has 2 aliphatic carbocycles. The van der Waals surface area contributed by atoms with E-state index in [0.717, 1.165) is 30.1 Å². The number of carbonyl (C=O) groups is 1. The van der Waals surface area contributed by atoms with Crippen molar-refractivity contribution in [2.24, 2.45) is 23.5 Å². The number of anilines is 1. The first kappa shape index (κ1) is 11.4. The second-order valence-corrected chi connectivity index (χ2v) is 5.39. The van der Waals surface area contributed by atoms with Gasteiger partial charge in [-0.3, -0.25) is 4.79 Å². The summed E-state index contributed by atoms with van der Waals surface area (Å²) in [6, 6.07) is 3.38. The van der Waals surface area contributed by atoms with Crippen molar-refractivity contribution in [3.63, 3.8) is 0 Å². The van der Waals surface area contributed by atoms with E-state index in [2.05, 4.69) is 15.5 Å². The van der Waals surface area contributed by atoms with Gasteiger partial charge in [-0.25, -0.2) is 0 Å². The first-order valence-electron chi connectivity index (χ1n) is 6.61. The summed E-state index contributed by atoms with van der Waals surface area (Å²) in [5.41, 5.74) is 5.33. The normalized spacial score (nSPS) is 18.9. The van der Waals surface area contributed by atoms with Gasteiger partial charge in [0.25, 0.3) is 5.91 Å². The predicted octanol–water partition coefficient (Wildman–Crippen LogP) is 1.42. The minimum absolute atomic E-state index is 0.210. The molecule has 2 aliphatic rings. The maximum absolute atomic E-state index is 10.9. The molecule has 18 heavy (non-hydrogen) atoms. The Labute approximate surface area is 106 Å². The highest BCUT2D eigenvalue weighted by atomic mass is 16.1. The molecule has 0 spiro atoms. The Kier molecular flexibility index (Phi) is 2.89. The highest BCUT2D eigenvalue weighted by Crippen LogP contribution is 2.49. The molecular weight excluding hydrogens is 228 g/mol. The summed E-state index contributed by atoms with van der Waals surface area (Å²) in [6.45, 7) is 0.972. The fraction of sp³-hybridized carbons (Fsp3) is 0.615. The summed E-state index contributed by atoms with van der Waals surface area (Å²) in [4.78, 5) is 10.9. The summed E-state index contributed by atoms with van der Waals surface area (Å²) in [6.07, 6.45) is 5.54. The third-order valence-electron chi connectivity index (χ3n) is 3.89. The molecule has 96 valence electrons. The number of hydrogen-bond donors (Lipinski definition) is 2. The maximum Gasteiger partial charge on any atom is 0.269 e. The Morgan fingerprint density at radius 1 is 1.28 bits per heavy atom. The van der Waals surface area contributed by atoms with E-state index in [1.165, 1.54) is 25.7 Å². The molecule has 0 unspecified atom stereocenters. The van der Waals surface area contributed by atoms with Crippen molar-refractivity contribution in [3.8, 4) is 0 Å². The Morgan fingerprint density at radius 2 is 1.94 bits per heavy atom. The summed E-state index contributed by atoms with van der Waals surface area (Å²) < 4.78 is 0. The maximum atomic E-state index is 10.9. The van der Waals surface area contributed by atoms with Gasteiger partial charge in [-0.15, -0.1) is 10.2 Å². The molecule has 1 heterocycles. The molecule has 2 saturated carbocycles. The van der Waals surface area contributed by atoms with Crippen molar-refractivity contribution >= 4 is 11.7 Å². The standard InChI is InChI=1S/C13H18N4O/c14-13(18)11-5-6-12(17-16-11)15-7-10(8-1-2-8)9-3-4-9/h5-6,8-10H,1-4,7H2,(H2,14,18)(H,15,17). The zero-order valence-corrected chi connectivity index (χ0v) is 10.3. The smallest absolute Gasteiger partial charge is 0.269 e. The van der Waals surface area contributed by atoms with Crippen molar-refractivity contribution in [2.75, 3.05) is 11.9 Å². The number of rotatable bonds is 6. The third kappa shape index (κ3) is 2.60. The second kappa shape index (κ2) is 4.55. The molecular formula is C13H18N4O. The van der Waals surface area contributed by atoms with Crippen LogP contribution in [0, 0.1) is 17.8 Å². The fourth-order valence-corrected chi connectivity index (χ4v) is 2.55. The molecule has 5 heteroatoms. The molecule has 1 amide bonds. The van der Waals surface area contributed by atoms with Gasteiger partial charge in [0.15, 0.2) is 5.69 Å². The fourth-order valence-electron chi connectivity index (χ4n) is 2.55. The van der Waals surface area contributed by atoms with Crippen LogP contribution in [0.15, 0.2) is 12.1 Å². The van der Waals surface area contributed by atoms with Crippen LogP contribution in [0.3, 0.4) is 0 Å². The van der Waals surface area contributed by atoms with E-state index in [-0.39, 0.29) is 5.69 Å². The lowest BCUT2D eigenvalue weighted by molar-refractivity contribution is 0.0994. The number of carbonyl (C=O) groups excluding carboxylic acids is 1. The molecule has 1 aromatic rings. The monoisotopic (exact) mass is 246 g/mol. The average Bonchev–Trinajstić information content (AvgIpc) is 3.24. The van der Waals surface area contributed by atoms with Crippen LogP contribution in [0.5, 0.6) is 0 Å². The van der Waals surface area contributed by atoms with Crippen molar-refractivity contribution in [2.45, 2.75) is 25.7 Å². The Morgan fingerprint density at radius 3 is 2.39 bits per heavy atom. The summed E-state index contributed by atoms with van der Waals surface area (Å²) in [5.74, 6) is 2.82. The molecule has 3 rings (SSSR count). The molecule has 5 nitrogen and oxygen atoms in total. The van der Waals surface area contributed by atoms with Gasteiger partial charge in [0, 0.05) is 6.54 Å². The molecule has 0 bridgehead atoms. The third-order valence-corrected chi connectivity index (χ3v) is 3.89. The predicted molar refractivity (Wildman–Crippen MR) is 68.0 cm³/mol. The summed E-state index contributed by atoms with van der Waals surface area (Å²) >= 11 is 0. The van der Waals surface area contributed by atoms with Crippen LogP contribution in [-0.2, 0) is 0 Å². The van der Waals surface area contributed by atoms with Crippen LogP contribution in [0.2, 0.25) is 0 Å². The molecule has 0 atom stereocenters. The average molecular weight is 246 g/mol. The summed E-state index contributed by atoms with van der Waals surface area (Å²) in [5, 5.41) is 11.1. The number of amides is 1. The van der Waals surface area contributed by atoms with E-state index >= 15 is 0 Å². The Hall–Kier alpha value is -1.65. The highest BCUT2D eigenvalue weighted by Gasteiger charge is 2.41. The minimum atomic E-state index is -0.539. The lowest BCUT2D eigenvalue weighted by Crippen LogP contribution is -2.19. The van der Waals surface area contributed by atoms with Crippen molar-refractivity contribution < 1.29 is 4.79 Å². The van der Waals surface area contributed by atoms with Crippen LogP contribution in [0.4, 0.5) is 5.82 Å². The second-order valence-electron chi connectivity index (χ2n) is 5.39. The van der Waals surface area contributed by atoms with Crippen molar-refractivity contribution in [3.05, 3.63) is 17.8 Å². The quantitative estimate of drug-likeness (QED) is 0.795. The topological polar surface area (TPSA) is 80.9 Å². The molecule has 2 fully saturated rings. The van der Waals surface area contributed by atoms with Gasteiger partial charge in [0.05, 0.1) is 0 Å². The van der Waals surface area contributed by atoms with E-state index in [1.807, 2.05) is 0 Å². The Balaban J connectivity index is 1.56. The van der Waals surface area contributed by atoms with Crippen LogP contribution in [-0.4, -0.2) is 22.6 Å². The van der Waals surface area contributed by atoms with Crippen LogP contribution in [0.1, 0.15) is 36.2 Å². The molecule has 0 aliphatic heterocycles. The number of aromatic nitrogens is 2. The van der Waals surface area contributed by atoms with Gasteiger partial charge in [0.2, 0.25) is 0 Å². The number of nitrogens with zero attached hydrogens (tertiary/aromatic N) is 2. The summed E-state index contributed by atoms with van der Waals surface area (Å²) in [7, 11) is 0. The Bertz CT molecular complexity index is 425. The molecule has 0 saturated heterocycles. The lowest BCUT2D eigenvalue weighted by Gasteiger charge is -2.16. The largest absolute Gasteiger partial charge is 0.368 e. The van der Waals surface area contributed by atoms with Gasteiger partial charge in [-0.1, -0.05) is 0 Å². The first-order valence-corrected chi connectivity index (χ1v) is 6.61. The van der Waals surface area contributed by atoms with Crippen LogP contribution >= 0.6 is 0 Å². The van der Waals surface area contributed by atoms with Gasteiger partial charge < -0.3 is 11.1 Å². The van der Waals surface area contributed by atoms with Crippen molar-refractivity contribution in [1.82, 2.24) is 10.2 Å². The van der Waals surface area contributed by atoms with E-state index in [9.17, 15) is 4.79 Å². The number of nitrogens with one attached hydrogen (secondary N) is 1. The molecule has 1 aromatic heterocycles. The lowest BCUT2D eigenvalue weighted by atomic mass is 9.98. The number of primary amides is 1. The van der Waals surface area contributed by atoms with Crippen molar-refractivity contribution in [1.29, 1.82) is 0 Å². The number of hydrogen-bond acceptors (Lipinski definition) is 4. The van der Waals surface area contributed by atoms with Crippen LogP contribution in [0.25, 0.3) is 0 Å². The molecule has 0 radical (unpaired) electrons. The van der Waals surface area contributed by atoms with Gasteiger partial charge in [0.1, 0.15) is 5.82 Å². The first-order chi connectivity index (χ1) is 8.74. The van der Waals surface area contributed by atoms with Gasteiger partial charge in [-0.05, 0) is 55.6 Å². The number of nitrogens with two attached hydrogens (primary N) is 1.